The Morgan fingerprint density at radius 3 is 2.89 bits per heavy atom. The number of nitrogens with zero attached hydrogens (tertiary/aromatic N) is 4. The van der Waals surface area contributed by atoms with Crippen LogP contribution in [-0.4, -0.2) is 40.9 Å². The number of hydrogen-bond acceptors (Lipinski definition) is 4. The van der Waals surface area contributed by atoms with E-state index < -0.39 is 0 Å². The van der Waals surface area contributed by atoms with Crippen molar-refractivity contribution >= 4 is 23.2 Å². The lowest BCUT2D eigenvalue weighted by Crippen LogP contribution is -2.09. The highest BCUT2D eigenvalue weighted by molar-refractivity contribution is 5.80. The van der Waals surface area contributed by atoms with Crippen LogP contribution < -0.4 is 0 Å². The Balaban J connectivity index is 2.38. The summed E-state index contributed by atoms with van der Waals surface area (Å²) < 4.78 is 0. The van der Waals surface area contributed by atoms with Gasteiger partial charge >= 0.3 is 0 Å². The maximum atomic E-state index is 4.42. The van der Waals surface area contributed by atoms with Crippen LogP contribution in [0, 0.1) is 0 Å². The van der Waals surface area contributed by atoms with Crippen molar-refractivity contribution in [1.82, 2.24) is 20.1 Å². The second kappa shape index (κ2) is 5.48. The van der Waals surface area contributed by atoms with Gasteiger partial charge < -0.3 is 4.90 Å². The van der Waals surface area contributed by atoms with Crippen molar-refractivity contribution in [1.29, 1.82) is 0 Å². The van der Waals surface area contributed by atoms with Gasteiger partial charge in [-0.05, 0) is 31.4 Å². The molecule has 0 bridgehead atoms. The summed E-state index contributed by atoms with van der Waals surface area (Å²) in [5.41, 5.74) is 3.90. The molecule has 0 aliphatic rings. The molecule has 0 fully saturated rings. The average Bonchev–Trinajstić information content (AvgIpc) is 2.85. The number of nitrogens with one attached hydrogen (secondary N) is 1. The first-order valence-electron chi connectivity index (χ1n) is 5.93. The smallest absolute Gasteiger partial charge is 0.0833 e. The largest absolute Gasteiger partial charge is 0.376 e. The second-order valence-electron chi connectivity index (χ2n) is 4.49. The van der Waals surface area contributed by atoms with E-state index in [-0.39, 0.29) is 0 Å². The lowest BCUT2D eigenvalue weighted by molar-refractivity contribution is 0.528. The molecule has 5 heteroatoms. The number of fused-ring (bicyclic) bond motifs is 1. The Kier molecular flexibility index (Phi) is 3.75. The monoisotopic (exact) mass is 255 g/mol. The van der Waals surface area contributed by atoms with E-state index in [0.29, 0.717) is 0 Å². The Morgan fingerprint density at radius 1 is 1.42 bits per heavy atom. The Bertz CT molecular complexity index is 649. The predicted molar refractivity (Wildman–Crippen MR) is 78.9 cm³/mol. The predicted octanol–water partition coefficient (Wildman–Crippen LogP) is 2.46. The molecule has 19 heavy (non-hydrogen) atoms. The van der Waals surface area contributed by atoms with E-state index in [9.17, 15) is 0 Å². The van der Waals surface area contributed by atoms with Gasteiger partial charge in [0.1, 0.15) is 0 Å². The second-order valence-corrected chi connectivity index (χ2v) is 4.49. The molecule has 0 amide bonds. The van der Waals surface area contributed by atoms with E-state index in [1.807, 2.05) is 38.1 Å². The topological polar surface area (TPSA) is 57.2 Å². The van der Waals surface area contributed by atoms with Crippen molar-refractivity contribution in [3.63, 3.8) is 0 Å². The standard InChI is InChI=1S/C14H17N5/c1-10(5-12(8-15-2)19(3)4)13-6-11-7-17-18-14(11)9-16-13/h5-9H,2H2,1,3-4H3,(H,17,18)/b10-5+,12-8+. The van der Waals surface area contributed by atoms with Crippen LogP contribution in [0.2, 0.25) is 0 Å². The van der Waals surface area contributed by atoms with E-state index in [2.05, 4.69) is 26.9 Å². The highest BCUT2D eigenvalue weighted by Crippen LogP contribution is 2.18. The number of aliphatic imine (C=N–C) groups is 1. The highest BCUT2D eigenvalue weighted by Gasteiger charge is 2.03. The number of H-pyrrole nitrogens is 1. The number of aromatic amines is 1. The summed E-state index contributed by atoms with van der Waals surface area (Å²) in [5, 5.41) is 7.93. The minimum absolute atomic E-state index is 0.922. The molecule has 98 valence electrons. The summed E-state index contributed by atoms with van der Waals surface area (Å²) in [6, 6.07) is 2.01. The zero-order valence-corrected chi connectivity index (χ0v) is 11.4. The van der Waals surface area contributed by atoms with Crippen molar-refractivity contribution < 1.29 is 0 Å². The number of likely N-dealkylation sites (N-methyl/N-ethyl adjacent to an activating group) is 1. The van der Waals surface area contributed by atoms with Gasteiger partial charge in [-0.2, -0.15) is 5.10 Å². The molecular formula is C14H17N5. The van der Waals surface area contributed by atoms with Crippen LogP contribution in [0.3, 0.4) is 0 Å². The van der Waals surface area contributed by atoms with Crippen LogP contribution in [-0.2, 0) is 0 Å². The van der Waals surface area contributed by atoms with Crippen LogP contribution in [0.4, 0.5) is 0 Å². The average molecular weight is 255 g/mol. The fourth-order valence-corrected chi connectivity index (χ4v) is 1.73. The molecule has 2 aromatic heterocycles. The van der Waals surface area contributed by atoms with E-state index >= 15 is 0 Å². The summed E-state index contributed by atoms with van der Waals surface area (Å²) in [5.74, 6) is 0. The lowest BCUT2D eigenvalue weighted by Gasteiger charge is -2.13. The fourth-order valence-electron chi connectivity index (χ4n) is 1.73. The first-order chi connectivity index (χ1) is 9.11. The van der Waals surface area contributed by atoms with E-state index in [1.54, 1.807) is 18.6 Å². The van der Waals surface area contributed by atoms with Crippen molar-refractivity contribution in [3.05, 3.63) is 42.1 Å². The van der Waals surface area contributed by atoms with Gasteiger partial charge in [0.2, 0.25) is 0 Å². The van der Waals surface area contributed by atoms with Crippen molar-refractivity contribution in [2.75, 3.05) is 14.1 Å². The van der Waals surface area contributed by atoms with E-state index in [4.69, 9.17) is 0 Å². The van der Waals surface area contributed by atoms with Gasteiger partial charge in [-0.15, -0.1) is 0 Å². The maximum Gasteiger partial charge on any atom is 0.0833 e. The molecule has 2 heterocycles. The zero-order chi connectivity index (χ0) is 13.8. The molecule has 0 aliphatic heterocycles. The molecule has 0 spiro atoms. The molecule has 2 rings (SSSR count). The third-order valence-corrected chi connectivity index (χ3v) is 2.83. The van der Waals surface area contributed by atoms with Gasteiger partial charge in [0, 0.05) is 25.7 Å². The van der Waals surface area contributed by atoms with Gasteiger partial charge in [-0.25, -0.2) is 0 Å². The number of rotatable bonds is 4. The highest BCUT2D eigenvalue weighted by atomic mass is 15.1. The molecule has 0 radical (unpaired) electrons. The number of hydrogen-bond donors (Lipinski definition) is 1. The minimum atomic E-state index is 0.922. The summed E-state index contributed by atoms with van der Waals surface area (Å²) in [6.07, 6.45) is 7.34. The van der Waals surface area contributed by atoms with Crippen molar-refractivity contribution in [3.8, 4) is 0 Å². The number of aromatic nitrogens is 3. The summed E-state index contributed by atoms with van der Waals surface area (Å²) in [4.78, 5) is 10.2. The Labute approximate surface area is 112 Å². The Morgan fingerprint density at radius 2 is 2.21 bits per heavy atom. The van der Waals surface area contributed by atoms with Gasteiger partial charge in [0.05, 0.1) is 29.3 Å². The van der Waals surface area contributed by atoms with E-state index in [1.165, 1.54) is 0 Å². The molecule has 0 saturated heterocycles. The summed E-state index contributed by atoms with van der Waals surface area (Å²) in [7, 11) is 3.93. The van der Waals surface area contributed by atoms with Gasteiger partial charge in [0.25, 0.3) is 0 Å². The zero-order valence-electron chi connectivity index (χ0n) is 11.4. The molecule has 0 aliphatic carbocycles. The third-order valence-electron chi connectivity index (χ3n) is 2.83. The van der Waals surface area contributed by atoms with Crippen LogP contribution in [0.15, 0.2) is 41.4 Å². The van der Waals surface area contributed by atoms with Gasteiger partial charge in [0.15, 0.2) is 0 Å². The Hall–Kier alpha value is -2.43. The van der Waals surface area contributed by atoms with Gasteiger partial charge in [-0.1, -0.05) is 0 Å². The normalized spacial score (nSPS) is 12.8. The SMILES string of the molecule is C=N/C=C(\C=C(/C)c1cc2cn[nH]c2cn1)N(C)C. The molecular weight excluding hydrogens is 238 g/mol. The fraction of sp³-hybridized carbons (Fsp3) is 0.214. The third kappa shape index (κ3) is 2.88. The molecule has 0 saturated carbocycles. The van der Waals surface area contributed by atoms with Crippen LogP contribution in [0.25, 0.3) is 16.5 Å². The van der Waals surface area contributed by atoms with E-state index in [0.717, 1.165) is 27.9 Å². The first kappa shape index (κ1) is 13.0. The van der Waals surface area contributed by atoms with Crippen molar-refractivity contribution in [2.45, 2.75) is 6.92 Å². The maximum absolute atomic E-state index is 4.42. The van der Waals surface area contributed by atoms with Crippen LogP contribution in [0.1, 0.15) is 12.6 Å². The quantitative estimate of drug-likeness (QED) is 0.674. The van der Waals surface area contributed by atoms with Crippen LogP contribution >= 0.6 is 0 Å². The van der Waals surface area contributed by atoms with Gasteiger partial charge in [-0.3, -0.25) is 15.1 Å². The number of allylic oxidation sites excluding steroid dienone is 2. The molecule has 1 N–H and O–H groups in total. The molecule has 0 aromatic carbocycles. The minimum Gasteiger partial charge on any atom is -0.376 e. The molecule has 0 unspecified atom stereocenters. The molecule has 5 nitrogen and oxygen atoms in total. The molecule has 0 atom stereocenters. The number of pyridine rings is 1. The summed E-state index contributed by atoms with van der Waals surface area (Å²) in [6.45, 7) is 5.51. The van der Waals surface area contributed by atoms with Crippen LogP contribution in [0.5, 0.6) is 0 Å². The molecule has 2 aromatic rings. The first-order valence-corrected chi connectivity index (χ1v) is 5.93. The van der Waals surface area contributed by atoms with Crippen molar-refractivity contribution in [2.24, 2.45) is 4.99 Å². The summed E-state index contributed by atoms with van der Waals surface area (Å²) >= 11 is 0. The lowest BCUT2D eigenvalue weighted by atomic mass is 10.1.